The molecule has 3 N–H and O–H groups in total. The second-order valence-electron chi connectivity index (χ2n) is 7.95. The van der Waals surface area contributed by atoms with Crippen molar-refractivity contribution in [2.45, 2.75) is 64.3 Å². The molecule has 0 spiro atoms. The number of carbonyl (C=O) groups is 1. The highest BCUT2D eigenvalue weighted by atomic mass is 16.3. The highest BCUT2D eigenvalue weighted by Crippen LogP contribution is 2.38. The molecule has 1 aliphatic carbocycles. The zero-order valence-electron chi connectivity index (χ0n) is 15.6. The summed E-state index contributed by atoms with van der Waals surface area (Å²) < 4.78 is 5.87. The Hall–Kier alpha value is -1.33. The van der Waals surface area contributed by atoms with Gasteiger partial charge in [0.2, 0.25) is 5.91 Å². The van der Waals surface area contributed by atoms with Gasteiger partial charge in [-0.3, -0.25) is 9.69 Å². The van der Waals surface area contributed by atoms with Crippen molar-refractivity contribution in [1.82, 2.24) is 10.2 Å². The molecule has 2 fully saturated rings. The van der Waals surface area contributed by atoms with Crippen LogP contribution in [0, 0.1) is 12.3 Å². The molecule has 3 rings (SSSR count). The van der Waals surface area contributed by atoms with Gasteiger partial charge in [-0.1, -0.05) is 19.3 Å². The first kappa shape index (κ1) is 18.5. The molecule has 1 aromatic heterocycles. The Balaban J connectivity index is 1.59. The Bertz CT molecular complexity index is 557. The molecule has 1 atom stereocenters. The molecule has 140 valence electrons. The number of aryl methyl sites for hydroxylation is 1. The van der Waals surface area contributed by atoms with Gasteiger partial charge in [0.25, 0.3) is 0 Å². The molecule has 1 aromatic rings. The van der Waals surface area contributed by atoms with Crippen LogP contribution in [-0.4, -0.2) is 37.0 Å². The molecule has 0 aromatic carbocycles. The first-order valence-corrected chi connectivity index (χ1v) is 9.89. The summed E-state index contributed by atoms with van der Waals surface area (Å²) in [6, 6.07) is 4.19. The lowest BCUT2D eigenvalue weighted by Gasteiger charge is -2.36. The molecule has 25 heavy (non-hydrogen) atoms. The van der Waals surface area contributed by atoms with E-state index in [1.807, 2.05) is 19.1 Å². The van der Waals surface area contributed by atoms with Gasteiger partial charge < -0.3 is 15.5 Å². The van der Waals surface area contributed by atoms with Crippen LogP contribution in [0.25, 0.3) is 0 Å². The van der Waals surface area contributed by atoms with Crippen molar-refractivity contribution in [3.63, 3.8) is 0 Å². The van der Waals surface area contributed by atoms with Gasteiger partial charge in [0, 0.05) is 13.0 Å². The summed E-state index contributed by atoms with van der Waals surface area (Å²) in [5.74, 6) is 2.03. The van der Waals surface area contributed by atoms with Crippen molar-refractivity contribution in [2.75, 3.05) is 26.2 Å². The Labute approximate surface area is 151 Å². The molecule has 5 heteroatoms. The van der Waals surface area contributed by atoms with Crippen LogP contribution in [0.15, 0.2) is 16.5 Å². The lowest BCUT2D eigenvalue weighted by Crippen LogP contribution is -2.41. The first-order valence-electron chi connectivity index (χ1n) is 9.89. The fraction of sp³-hybridized carbons (Fsp3) is 0.750. The predicted octanol–water partition coefficient (Wildman–Crippen LogP) is 3.14. The minimum atomic E-state index is 0.0206. The van der Waals surface area contributed by atoms with Crippen LogP contribution in [0.3, 0.4) is 0 Å². The quantitative estimate of drug-likeness (QED) is 0.795. The van der Waals surface area contributed by atoms with Crippen molar-refractivity contribution in [3.05, 3.63) is 23.7 Å². The van der Waals surface area contributed by atoms with Gasteiger partial charge in [0.05, 0.1) is 6.04 Å². The highest BCUT2D eigenvalue weighted by molar-refractivity contribution is 5.76. The minimum absolute atomic E-state index is 0.0206. The van der Waals surface area contributed by atoms with Crippen LogP contribution < -0.4 is 11.1 Å². The lowest BCUT2D eigenvalue weighted by atomic mass is 9.71. The number of hydrogen-bond donors (Lipinski definition) is 2. The van der Waals surface area contributed by atoms with Crippen molar-refractivity contribution < 1.29 is 9.21 Å². The SMILES string of the molecule is Cc1ccc(C(CNC(=O)CC2(CN)CCCCC2)N2CCCC2)o1. The molecule has 0 bridgehead atoms. The maximum absolute atomic E-state index is 12.6. The number of likely N-dealkylation sites (tertiary alicyclic amines) is 1. The smallest absolute Gasteiger partial charge is 0.220 e. The van der Waals surface area contributed by atoms with E-state index in [1.54, 1.807) is 0 Å². The Morgan fingerprint density at radius 2 is 1.96 bits per heavy atom. The first-order chi connectivity index (χ1) is 12.1. The number of amides is 1. The Morgan fingerprint density at radius 1 is 1.24 bits per heavy atom. The molecule has 0 radical (unpaired) electrons. The Morgan fingerprint density at radius 3 is 2.56 bits per heavy atom. The second-order valence-corrected chi connectivity index (χ2v) is 7.95. The fourth-order valence-corrected chi connectivity index (χ4v) is 4.46. The zero-order chi connectivity index (χ0) is 17.7. The van der Waals surface area contributed by atoms with E-state index in [9.17, 15) is 4.79 Å². The molecular weight excluding hydrogens is 314 g/mol. The molecule has 1 unspecified atom stereocenters. The number of rotatable bonds is 7. The molecule has 5 nitrogen and oxygen atoms in total. The van der Waals surface area contributed by atoms with Crippen LogP contribution in [-0.2, 0) is 4.79 Å². The van der Waals surface area contributed by atoms with Gasteiger partial charge in [-0.2, -0.15) is 0 Å². The van der Waals surface area contributed by atoms with Gasteiger partial charge in [-0.05, 0) is 69.8 Å². The topological polar surface area (TPSA) is 71.5 Å². The number of carbonyl (C=O) groups excluding carboxylic acids is 1. The standard InChI is InChI=1S/C20H33N3O2/c1-16-7-8-18(25-16)17(23-11-5-6-12-23)14-22-19(24)13-20(15-21)9-3-2-4-10-20/h7-8,17H,2-6,9-15,21H2,1H3,(H,22,24). The third-order valence-corrected chi connectivity index (χ3v) is 6.05. The third kappa shape index (κ3) is 4.64. The number of hydrogen-bond acceptors (Lipinski definition) is 4. The summed E-state index contributed by atoms with van der Waals surface area (Å²) in [4.78, 5) is 15.0. The summed E-state index contributed by atoms with van der Waals surface area (Å²) >= 11 is 0. The third-order valence-electron chi connectivity index (χ3n) is 6.05. The summed E-state index contributed by atoms with van der Waals surface area (Å²) in [6.07, 6.45) is 8.86. The van der Waals surface area contributed by atoms with Crippen LogP contribution in [0.5, 0.6) is 0 Å². The lowest BCUT2D eigenvalue weighted by molar-refractivity contribution is -0.124. The number of furan rings is 1. The van der Waals surface area contributed by atoms with E-state index in [0.717, 1.165) is 37.5 Å². The summed E-state index contributed by atoms with van der Waals surface area (Å²) in [6.45, 7) is 5.36. The van der Waals surface area contributed by atoms with Gasteiger partial charge >= 0.3 is 0 Å². The number of nitrogens with two attached hydrogens (primary N) is 1. The average Bonchev–Trinajstić information content (AvgIpc) is 3.28. The van der Waals surface area contributed by atoms with Gasteiger partial charge in [-0.15, -0.1) is 0 Å². The molecule has 1 saturated carbocycles. The van der Waals surface area contributed by atoms with Gasteiger partial charge in [0.1, 0.15) is 11.5 Å². The van der Waals surface area contributed by atoms with Crippen molar-refractivity contribution in [2.24, 2.45) is 11.1 Å². The van der Waals surface area contributed by atoms with Crippen molar-refractivity contribution in [3.8, 4) is 0 Å². The largest absolute Gasteiger partial charge is 0.465 e. The minimum Gasteiger partial charge on any atom is -0.465 e. The molecule has 2 heterocycles. The predicted molar refractivity (Wildman–Crippen MR) is 99.2 cm³/mol. The van der Waals surface area contributed by atoms with Crippen molar-refractivity contribution in [1.29, 1.82) is 0 Å². The van der Waals surface area contributed by atoms with Gasteiger partial charge in [0.15, 0.2) is 0 Å². The van der Waals surface area contributed by atoms with E-state index in [1.165, 1.54) is 32.1 Å². The molecule has 2 aliphatic rings. The van der Waals surface area contributed by atoms with Crippen molar-refractivity contribution >= 4 is 5.91 Å². The maximum atomic E-state index is 12.6. The summed E-state index contributed by atoms with van der Waals surface area (Å²) in [7, 11) is 0. The molecule has 1 saturated heterocycles. The zero-order valence-corrected chi connectivity index (χ0v) is 15.6. The average molecular weight is 348 g/mol. The summed E-state index contributed by atoms with van der Waals surface area (Å²) in [5.41, 5.74) is 6.05. The fourth-order valence-electron chi connectivity index (χ4n) is 4.46. The van der Waals surface area contributed by atoms with Crippen LogP contribution in [0.1, 0.15) is 68.9 Å². The second kappa shape index (κ2) is 8.37. The molecule has 1 aliphatic heterocycles. The maximum Gasteiger partial charge on any atom is 0.220 e. The van der Waals surface area contributed by atoms with Crippen LogP contribution >= 0.6 is 0 Å². The van der Waals surface area contributed by atoms with E-state index in [-0.39, 0.29) is 17.4 Å². The monoisotopic (exact) mass is 347 g/mol. The van der Waals surface area contributed by atoms with E-state index in [2.05, 4.69) is 10.2 Å². The van der Waals surface area contributed by atoms with Gasteiger partial charge in [-0.25, -0.2) is 0 Å². The Kier molecular flexibility index (Phi) is 6.18. The molecular formula is C20H33N3O2. The summed E-state index contributed by atoms with van der Waals surface area (Å²) in [5, 5.41) is 3.18. The number of nitrogens with one attached hydrogen (secondary N) is 1. The number of nitrogens with zero attached hydrogens (tertiary/aromatic N) is 1. The van der Waals surface area contributed by atoms with Crippen LogP contribution in [0.4, 0.5) is 0 Å². The molecule has 1 amide bonds. The normalized spacial score (nSPS) is 22.0. The van der Waals surface area contributed by atoms with Crippen LogP contribution in [0.2, 0.25) is 0 Å². The highest BCUT2D eigenvalue weighted by Gasteiger charge is 2.33. The van der Waals surface area contributed by atoms with E-state index >= 15 is 0 Å². The van der Waals surface area contributed by atoms with E-state index in [4.69, 9.17) is 10.2 Å². The van der Waals surface area contributed by atoms with E-state index in [0.29, 0.717) is 19.5 Å². The van der Waals surface area contributed by atoms with E-state index < -0.39 is 0 Å².